The number of aliphatic hydroxyl groups excluding tert-OH is 1. The molecule has 0 spiro atoms. The van der Waals surface area contributed by atoms with Crippen LogP contribution in [0.5, 0.6) is 5.75 Å². The van der Waals surface area contributed by atoms with Gasteiger partial charge in [-0.05, 0) is 12.5 Å². The van der Waals surface area contributed by atoms with E-state index < -0.39 is 0 Å². The van der Waals surface area contributed by atoms with Gasteiger partial charge in [0.25, 0.3) is 0 Å². The van der Waals surface area contributed by atoms with Crippen molar-refractivity contribution in [3.8, 4) is 5.75 Å². The van der Waals surface area contributed by atoms with Gasteiger partial charge in [0.1, 0.15) is 5.75 Å². The lowest BCUT2D eigenvalue weighted by Gasteiger charge is -2.34. The molecule has 1 saturated heterocycles. The molecule has 0 bridgehead atoms. The highest BCUT2D eigenvalue weighted by atomic mass is 16.3. The van der Waals surface area contributed by atoms with E-state index in [9.17, 15) is 5.11 Å². The number of rotatable bonds is 4. The Balaban J connectivity index is 1.90. The lowest BCUT2D eigenvalue weighted by Crippen LogP contribution is -2.46. The fraction of sp³-hybridized carbons (Fsp3) is 0.571. The summed E-state index contributed by atoms with van der Waals surface area (Å²) in [5.74, 6) is 0.426. The molecule has 1 aromatic carbocycles. The van der Waals surface area contributed by atoms with Crippen molar-refractivity contribution in [1.29, 1.82) is 0 Å². The van der Waals surface area contributed by atoms with Crippen molar-refractivity contribution in [2.24, 2.45) is 0 Å². The zero-order chi connectivity index (χ0) is 13.0. The molecule has 0 aliphatic carbocycles. The van der Waals surface area contributed by atoms with Crippen LogP contribution in [0.3, 0.4) is 0 Å². The molecule has 100 valence electrons. The summed E-state index contributed by atoms with van der Waals surface area (Å²) in [5.41, 5.74) is 1.94. The van der Waals surface area contributed by atoms with Crippen LogP contribution < -0.4 is 0 Å². The molecule has 1 aliphatic rings. The summed E-state index contributed by atoms with van der Waals surface area (Å²) in [5, 5.41) is 18.9. The smallest absolute Gasteiger partial charge is 0.122 e. The van der Waals surface area contributed by atoms with Gasteiger partial charge in [0.2, 0.25) is 0 Å². The Bertz CT molecular complexity index is 387. The Morgan fingerprint density at radius 1 is 1.11 bits per heavy atom. The Morgan fingerprint density at radius 2 is 1.78 bits per heavy atom. The zero-order valence-corrected chi connectivity index (χ0v) is 11.0. The third-order valence-corrected chi connectivity index (χ3v) is 3.60. The van der Waals surface area contributed by atoms with E-state index in [1.165, 1.54) is 0 Å². The summed E-state index contributed by atoms with van der Waals surface area (Å²) >= 11 is 0. The van der Waals surface area contributed by atoms with Gasteiger partial charge in [-0.3, -0.25) is 9.80 Å². The molecule has 0 saturated carbocycles. The van der Waals surface area contributed by atoms with E-state index in [0.29, 0.717) is 5.75 Å². The first-order valence-corrected chi connectivity index (χ1v) is 6.53. The van der Waals surface area contributed by atoms with Crippen LogP contribution in [0.2, 0.25) is 0 Å². The number of piperazine rings is 1. The first kappa shape index (κ1) is 13.3. The molecule has 1 heterocycles. The Kier molecular flexibility index (Phi) is 4.58. The van der Waals surface area contributed by atoms with Crippen LogP contribution in [-0.4, -0.2) is 59.3 Å². The van der Waals surface area contributed by atoms with Gasteiger partial charge in [-0.15, -0.1) is 0 Å². The number of para-hydroxylation sites is 1. The molecule has 1 aliphatic heterocycles. The number of aliphatic hydroxyl groups is 1. The molecule has 1 aromatic rings. The normalized spacial score (nSPS) is 18.1. The number of benzene rings is 1. The van der Waals surface area contributed by atoms with Crippen molar-refractivity contribution in [3.63, 3.8) is 0 Å². The van der Waals surface area contributed by atoms with E-state index in [1.54, 1.807) is 0 Å². The number of hydrogen-bond acceptors (Lipinski definition) is 4. The molecule has 0 amide bonds. The fourth-order valence-corrected chi connectivity index (χ4v) is 2.40. The Labute approximate surface area is 108 Å². The van der Waals surface area contributed by atoms with Gasteiger partial charge in [-0.1, -0.05) is 18.2 Å². The molecule has 1 fully saturated rings. The number of phenols is 1. The summed E-state index contributed by atoms with van der Waals surface area (Å²) < 4.78 is 0. The SMILES string of the molecule is Cc1cccc(CN2CCN(CCO)CC2)c1O. The van der Waals surface area contributed by atoms with Gasteiger partial charge in [0.15, 0.2) is 0 Å². The quantitative estimate of drug-likeness (QED) is 0.830. The molecule has 0 unspecified atom stereocenters. The van der Waals surface area contributed by atoms with Crippen LogP contribution in [0.15, 0.2) is 18.2 Å². The largest absolute Gasteiger partial charge is 0.507 e. The van der Waals surface area contributed by atoms with Gasteiger partial charge in [-0.2, -0.15) is 0 Å². The molecular weight excluding hydrogens is 228 g/mol. The predicted molar refractivity (Wildman–Crippen MR) is 71.6 cm³/mol. The molecule has 0 atom stereocenters. The molecule has 4 nitrogen and oxygen atoms in total. The van der Waals surface area contributed by atoms with Crippen molar-refractivity contribution in [1.82, 2.24) is 9.80 Å². The zero-order valence-electron chi connectivity index (χ0n) is 11.0. The van der Waals surface area contributed by atoms with Gasteiger partial charge in [-0.25, -0.2) is 0 Å². The number of nitrogens with zero attached hydrogens (tertiary/aromatic N) is 2. The third-order valence-electron chi connectivity index (χ3n) is 3.60. The number of aromatic hydroxyl groups is 1. The Morgan fingerprint density at radius 3 is 2.44 bits per heavy atom. The van der Waals surface area contributed by atoms with E-state index in [0.717, 1.165) is 50.4 Å². The van der Waals surface area contributed by atoms with E-state index in [4.69, 9.17) is 5.11 Å². The Hall–Kier alpha value is -1.10. The van der Waals surface area contributed by atoms with Gasteiger partial charge in [0.05, 0.1) is 6.61 Å². The second kappa shape index (κ2) is 6.18. The number of hydrogen-bond donors (Lipinski definition) is 2. The second-order valence-electron chi connectivity index (χ2n) is 4.92. The van der Waals surface area contributed by atoms with Gasteiger partial charge < -0.3 is 10.2 Å². The molecule has 18 heavy (non-hydrogen) atoms. The topological polar surface area (TPSA) is 46.9 Å². The average Bonchev–Trinajstić information content (AvgIpc) is 2.38. The molecular formula is C14H22N2O2. The van der Waals surface area contributed by atoms with E-state index >= 15 is 0 Å². The van der Waals surface area contributed by atoms with Crippen molar-refractivity contribution in [2.45, 2.75) is 13.5 Å². The predicted octanol–water partition coefficient (Wildman–Crippen LogP) is 0.811. The van der Waals surface area contributed by atoms with Crippen LogP contribution in [0, 0.1) is 6.92 Å². The van der Waals surface area contributed by atoms with Crippen molar-refractivity contribution < 1.29 is 10.2 Å². The summed E-state index contributed by atoms with van der Waals surface area (Å²) in [6.07, 6.45) is 0. The molecule has 4 heteroatoms. The lowest BCUT2D eigenvalue weighted by molar-refractivity contribution is 0.108. The molecule has 2 rings (SSSR count). The summed E-state index contributed by atoms with van der Waals surface area (Å²) in [6, 6.07) is 5.91. The minimum atomic E-state index is 0.235. The lowest BCUT2D eigenvalue weighted by atomic mass is 10.1. The van der Waals surface area contributed by atoms with Crippen LogP contribution in [-0.2, 0) is 6.54 Å². The molecule has 2 N–H and O–H groups in total. The minimum Gasteiger partial charge on any atom is -0.507 e. The highest BCUT2D eigenvalue weighted by Gasteiger charge is 2.17. The monoisotopic (exact) mass is 250 g/mol. The second-order valence-corrected chi connectivity index (χ2v) is 4.92. The van der Waals surface area contributed by atoms with E-state index in [1.807, 2.05) is 25.1 Å². The first-order chi connectivity index (χ1) is 8.70. The van der Waals surface area contributed by atoms with E-state index in [-0.39, 0.29) is 6.61 Å². The minimum absolute atomic E-state index is 0.235. The van der Waals surface area contributed by atoms with Crippen LogP contribution in [0.25, 0.3) is 0 Å². The third kappa shape index (κ3) is 3.22. The summed E-state index contributed by atoms with van der Waals surface area (Å²) in [6.45, 7) is 7.71. The van der Waals surface area contributed by atoms with Crippen LogP contribution in [0.4, 0.5) is 0 Å². The highest BCUT2D eigenvalue weighted by molar-refractivity contribution is 5.39. The van der Waals surface area contributed by atoms with Crippen LogP contribution in [0.1, 0.15) is 11.1 Å². The standard InChI is InChI=1S/C14H22N2O2/c1-12-3-2-4-13(14(12)18)11-16-7-5-15(6-8-16)9-10-17/h2-4,17-18H,5-11H2,1H3. The first-order valence-electron chi connectivity index (χ1n) is 6.53. The maximum Gasteiger partial charge on any atom is 0.122 e. The maximum absolute atomic E-state index is 9.99. The maximum atomic E-state index is 9.99. The fourth-order valence-electron chi connectivity index (χ4n) is 2.40. The summed E-state index contributed by atoms with van der Waals surface area (Å²) in [4.78, 5) is 4.62. The number of aryl methyl sites for hydroxylation is 1. The van der Waals surface area contributed by atoms with Gasteiger partial charge in [0, 0.05) is 44.8 Å². The average molecular weight is 250 g/mol. The van der Waals surface area contributed by atoms with Gasteiger partial charge >= 0.3 is 0 Å². The number of β-amino-alcohol motifs (C(OH)–C–C–N with tert-alkyl or cyclic N) is 1. The van der Waals surface area contributed by atoms with Crippen LogP contribution >= 0.6 is 0 Å². The number of phenolic OH excluding ortho intramolecular Hbond substituents is 1. The van der Waals surface area contributed by atoms with E-state index in [2.05, 4.69) is 9.80 Å². The summed E-state index contributed by atoms with van der Waals surface area (Å²) in [7, 11) is 0. The molecule has 0 radical (unpaired) electrons. The highest BCUT2D eigenvalue weighted by Crippen LogP contribution is 2.23. The molecule has 0 aromatic heterocycles. The van der Waals surface area contributed by atoms with Crippen molar-refractivity contribution in [2.75, 3.05) is 39.3 Å². The van der Waals surface area contributed by atoms with Crippen molar-refractivity contribution >= 4 is 0 Å². The van der Waals surface area contributed by atoms with Crippen molar-refractivity contribution in [3.05, 3.63) is 29.3 Å².